The first-order valence-corrected chi connectivity index (χ1v) is 10.5. The van der Waals surface area contributed by atoms with E-state index in [0.29, 0.717) is 16.2 Å². The minimum Gasteiger partial charge on any atom is -0.482 e. The third-order valence-corrected chi connectivity index (χ3v) is 5.54. The van der Waals surface area contributed by atoms with Crippen LogP contribution in [0.1, 0.15) is 41.8 Å². The SMILES string of the molecule is CCC(C)NC(=O)c1cc2ccc(OC(=O)COc3cc(C)c(Cl)c(C)c3)cc2oc1=O. The maximum absolute atomic E-state index is 12.3. The van der Waals surface area contributed by atoms with Gasteiger partial charge in [0.1, 0.15) is 22.6 Å². The molecule has 1 N–H and O–H groups in total. The van der Waals surface area contributed by atoms with Crippen molar-refractivity contribution in [2.45, 2.75) is 40.2 Å². The number of benzene rings is 2. The second kappa shape index (κ2) is 9.87. The quantitative estimate of drug-likeness (QED) is 0.317. The third-order valence-electron chi connectivity index (χ3n) is 4.94. The fourth-order valence-electron chi connectivity index (χ4n) is 3.01. The van der Waals surface area contributed by atoms with E-state index in [4.69, 9.17) is 25.5 Å². The van der Waals surface area contributed by atoms with Gasteiger partial charge in [-0.3, -0.25) is 4.79 Å². The number of carbonyl (C=O) groups is 2. The lowest BCUT2D eigenvalue weighted by molar-refractivity contribution is -0.136. The molecule has 1 heterocycles. The van der Waals surface area contributed by atoms with E-state index in [1.807, 2.05) is 27.7 Å². The van der Waals surface area contributed by atoms with E-state index in [0.717, 1.165) is 17.5 Å². The number of carbonyl (C=O) groups excluding carboxylic acids is 2. The number of amides is 1. The zero-order valence-electron chi connectivity index (χ0n) is 18.3. The van der Waals surface area contributed by atoms with Crippen LogP contribution in [-0.4, -0.2) is 24.5 Å². The van der Waals surface area contributed by atoms with Crippen molar-refractivity contribution in [2.75, 3.05) is 6.61 Å². The lowest BCUT2D eigenvalue weighted by Crippen LogP contribution is -2.34. The van der Waals surface area contributed by atoms with Crippen molar-refractivity contribution in [2.24, 2.45) is 0 Å². The highest BCUT2D eigenvalue weighted by Gasteiger charge is 2.16. The number of rotatable bonds is 7. The van der Waals surface area contributed by atoms with Crippen LogP contribution in [0.4, 0.5) is 0 Å². The molecular weight excluding hydrogens is 434 g/mol. The van der Waals surface area contributed by atoms with Crippen LogP contribution in [0.25, 0.3) is 11.0 Å². The minimum absolute atomic E-state index is 0.0673. The highest BCUT2D eigenvalue weighted by molar-refractivity contribution is 6.32. The molecule has 0 bridgehead atoms. The molecule has 0 fully saturated rings. The Bertz CT molecular complexity index is 1210. The molecule has 168 valence electrons. The van der Waals surface area contributed by atoms with E-state index >= 15 is 0 Å². The van der Waals surface area contributed by atoms with Gasteiger partial charge in [0.05, 0.1) is 0 Å². The van der Waals surface area contributed by atoms with Gasteiger partial charge in [-0.25, -0.2) is 9.59 Å². The second-order valence-corrected chi connectivity index (χ2v) is 7.94. The Balaban J connectivity index is 1.70. The zero-order valence-corrected chi connectivity index (χ0v) is 19.0. The number of ether oxygens (including phenoxy) is 2. The molecule has 8 heteroatoms. The van der Waals surface area contributed by atoms with Crippen molar-refractivity contribution >= 4 is 34.4 Å². The Morgan fingerprint density at radius 1 is 1.09 bits per heavy atom. The van der Waals surface area contributed by atoms with Gasteiger partial charge in [-0.15, -0.1) is 0 Å². The number of esters is 1. The standard InChI is InChI=1S/C24H24ClNO6/c1-5-15(4)26-23(28)19-10-16-6-7-17(11-20(16)32-24(19)29)31-21(27)12-30-18-8-13(2)22(25)14(3)9-18/h6-11,15H,5,12H2,1-4H3,(H,26,28). The van der Waals surface area contributed by atoms with Crippen molar-refractivity contribution < 1.29 is 23.5 Å². The highest BCUT2D eigenvalue weighted by atomic mass is 35.5. The first kappa shape index (κ1) is 23.3. The summed E-state index contributed by atoms with van der Waals surface area (Å²) in [6.07, 6.45) is 0.736. The van der Waals surface area contributed by atoms with Gasteiger partial charge < -0.3 is 19.2 Å². The molecule has 7 nitrogen and oxygen atoms in total. The predicted molar refractivity (Wildman–Crippen MR) is 122 cm³/mol. The number of nitrogens with one attached hydrogen (secondary N) is 1. The normalized spacial score (nSPS) is 11.8. The molecule has 0 aliphatic rings. The van der Waals surface area contributed by atoms with Gasteiger partial charge in [0, 0.05) is 22.5 Å². The monoisotopic (exact) mass is 457 g/mol. The molecule has 1 unspecified atom stereocenters. The zero-order chi connectivity index (χ0) is 23.4. The molecule has 2 aromatic carbocycles. The molecular formula is C24H24ClNO6. The Kier molecular flexibility index (Phi) is 7.20. The van der Waals surface area contributed by atoms with Crippen molar-refractivity contribution in [1.82, 2.24) is 5.32 Å². The lowest BCUT2D eigenvalue weighted by atomic mass is 10.1. The maximum atomic E-state index is 12.3. The highest BCUT2D eigenvalue weighted by Crippen LogP contribution is 2.26. The summed E-state index contributed by atoms with van der Waals surface area (Å²) in [6, 6.07) is 9.44. The Morgan fingerprint density at radius 2 is 1.78 bits per heavy atom. The molecule has 3 rings (SSSR count). The number of aryl methyl sites for hydroxylation is 2. The smallest absolute Gasteiger partial charge is 0.349 e. The summed E-state index contributed by atoms with van der Waals surface area (Å²) in [5.41, 5.74) is 1.04. The van der Waals surface area contributed by atoms with Crippen LogP contribution in [0.3, 0.4) is 0 Å². The van der Waals surface area contributed by atoms with Crippen LogP contribution in [0.2, 0.25) is 5.02 Å². The van der Waals surface area contributed by atoms with Crippen LogP contribution >= 0.6 is 11.6 Å². The van der Waals surface area contributed by atoms with E-state index < -0.39 is 17.5 Å². The topological polar surface area (TPSA) is 94.8 Å². The number of hydrogen-bond donors (Lipinski definition) is 1. The minimum atomic E-state index is -0.765. The van der Waals surface area contributed by atoms with Crippen molar-refractivity contribution in [1.29, 1.82) is 0 Å². The largest absolute Gasteiger partial charge is 0.482 e. The number of hydrogen-bond acceptors (Lipinski definition) is 6. The second-order valence-electron chi connectivity index (χ2n) is 7.56. The fourth-order valence-corrected chi connectivity index (χ4v) is 3.12. The van der Waals surface area contributed by atoms with Gasteiger partial charge in [-0.05, 0) is 68.7 Å². The predicted octanol–water partition coefficient (Wildman–Crippen LogP) is 4.58. The average Bonchev–Trinajstić information content (AvgIpc) is 2.75. The molecule has 0 saturated heterocycles. The third kappa shape index (κ3) is 5.48. The summed E-state index contributed by atoms with van der Waals surface area (Å²) in [5.74, 6) is -0.416. The first-order valence-electron chi connectivity index (χ1n) is 10.2. The van der Waals surface area contributed by atoms with Crippen molar-refractivity contribution in [3.63, 3.8) is 0 Å². The van der Waals surface area contributed by atoms with E-state index in [1.165, 1.54) is 12.1 Å². The Morgan fingerprint density at radius 3 is 2.44 bits per heavy atom. The molecule has 0 spiro atoms. The summed E-state index contributed by atoms with van der Waals surface area (Å²) in [6.45, 7) is 7.17. The summed E-state index contributed by atoms with van der Waals surface area (Å²) in [5, 5.41) is 3.92. The molecule has 1 aromatic heterocycles. The van der Waals surface area contributed by atoms with Gasteiger partial charge in [0.2, 0.25) is 0 Å². The van der Waals surface area contributed by atoms with E-state index in [-0.39, 0.29) is 29.5 Å². The summed E-state index contributed by atoms with van der Waals surface area (Å²) < 4.78 is 16.0. The Labute approximate surface area is 190 Å². The van der Waals surface area contributed by atoms with Gasteiger partial charge in [0.15, 0.2) is 6.61 Å². The molecule has 32 heavy (non-hydrogen) atoms. The van der Waals surface area contributed by atoms with Gasteiger partial charge in [-0.2, -0.15) is 0 Å². The molecule has 0 aliphatic heterocycles. The van der Waals surface area contributed by atoms with Crippen molar-refractivity contribution in [3.8, 4) is 11.5 Å². The summed E-state index contributed by atoms with van der Waals surface area (Å²) in [7, 11) is 0. The average molecular weight is 458 g/mol. The summed E-state index contributed by atoms with van der Waals surface area (Å²) in [4.78, 5) is 36.7. The first-order chi connectivity index (χ1) is 15.2. The van der Waals surface area contributed by atoms with E-state index in [9.17, 15) is 14.4 Å². The van der Waals surface area contributed by atoms with Crippen LogP contribution in [0.5, 0.6) is 11.5 Å². The molecule has 0 saturated carbocycles. The molecule has 0 radical (unpaired) electrons. The molecule has 1 amide bonds. The van der Waals surface area contributed by atoms with Crippen LogP contribution < -0.4 is 20.4 Å². The lowest BCUT2D eigenvalue weighted by Gasteiger charge is -2.11. The molecule has 1 atom stereocenters. The van der Waals surface area contributed by atoms with E-state index in [1.54, 1.807) is 24.3 Å². The maximum Gasteiger partial charge on any atom is 0.349 e. The van der Waals surface area contributed by atoms with Crippen LogP contribution in [0, 0.1) is 13.8 Å². The van der Waals surface area contributed by atoms with Gasteiger partial charge in [0.25, 0.3) is 5.91 Å². The van der Waals surface area contributed by atoms with Gasteiger partial charge >= 0.3 is 11.6 Å². The van der Waals surface area contributed by atoms with Crippen LogP contribution in [-0.2, 0) is 4.79 Å². The Hall–Kier alpha value is -3.32. The molecule has 3 aromatic rings. The van der Waals surface area contributed by atoms with E-state index in [2.05, 4.69) is 5.32 Å². The van der Waals surface area contributed by atoms with Crippen molar-refractivity contribution in [3.05, 3.63) is 68.5 Å². The molecule has 0 aliphatic carbocycles. The van der Waals surface area contributed by atoms with Crippen LogP contribution in [0.15, 0.2) is 45.6 Å². The number of fused-ring (bicyclic) bond motifs is 1. The van der Waals surface area contributed by atoms with Gasteiger partial charge in [-0.1, -0.05) is 18.5 Å². The summed E-state index contributed by atoms with van der Waals surface area (Å²) >= 11 is 6.13. The fraction of sp³-hybridized carbons (Fsp3) is 0.292. The number of halogens is 1.